The molecule has 17 heavy (non-hydrogen) atoms. The van der Waals surface area contributed by atoms with Gasteiger partial charge in [0.25, 0.3) is 0 Å². The lowest BCUT2D eigenvalue weighted by Crippen LogP contribution is -2.39. The molecule has 0 aliphatic heterocycles. The van der Waals surface area contributed by atoms with Gasteiger partial charge in [0.2, 0.25) is 0 Å². The second kappa shape index (κ2) is 7.69. The third-order valence-corrected chi connectivity index (χ3v) is 4.75. The number of unbranched alkanes of at least 4 members (excludes halogenated alkanes) is 1. The van der Waals surface area contributed by atoms with Crippen molar-refractivity contribution in [3.63, 3.8) is 0 Å². The molecule has 0 radical (unpaired) electrons. The molecule has 0 bridgehead atoms. The van der Waals surface area contributed by atoms with Gasteiger partial charge in [-0.1, -0.05) is 42.6 Å². The molecule has 0 aliphatic carbocycles. The van der Waals surface area contributed by atoms with Gasteiger partial charge in [0.1, 0.15) is 4.32 Å². The summed E-state index contributed by atoms with van der Waals surface area (Å²) < 4.78 is -0.870. The molecular weight excluding hydrogens is 288 g/mol. The molecule has 0 rings (SSSR count). The highest BCUT2D eigenvalue weighted by Crippen LogP contribution is 2.37. The van der Waals surface area contributed by atoms with Gasteiger partial charge in [0.15, 0.2) is 0 Å². The molecule has 0 saturated heterocycles. The molecule has 0 spiro atoms. The van der Waals surface area contributed by atoms with Gasteiger partial charge in [-0.25, -0.2) is 0 Å². The number of carboxylic acid groups (broad SMARTS) is 2. The van der Waals surface area contributed by atoms with Crippen molar-refractivity contribution >= 4 is 27.9 Å². The first-order valence-corrected chi connectivity index (χ1v) is 6.81. The summed E-state index contributed by atoms with van der Waals surface area (Å²) in [6.45, 7) is 3.82. The molecule has 2 N–H and O–H groups in total. The van der Waals surface area contributed by atoms with E-state index in [1.807, 2.05) is 13.8 Å². The number of rotatable bonds is 9. The SMILES string of the molecule is CCC(CCCCC(=O)O)C(Br)(CC)C(=O)O. The topological polar surface area (TPSA) is 74.6 Å². The monoisotopic (exact) mass is 308 g/mol. The lowest BCUT2D eigenvalue weighted by atomic mass is 9.84. The van der Waals surface area contributed by atoms with E-state index in [1.165, 1.54) is 0 Å². The lowest BCUT2D eigenvalue weighted by Gasteiger charge is -2.30. The van der Waals surface area contributed by atoms with Gasteiger partial charge < -0.3 is 10.2 Å². The number of aliphatic carboxylic acids is 2. The molecule has 2 atom stereocenters. The molecule has 100 valence electrons. The quantitative estimate of drug-likeness (QED) is 0.506. The average molecular weight is 309 g/mol. The van der Waals surface area contributed by atoms with Crippen LogP contribution in [0.15, 0.2) is 0 Å². The molecular formula is C12H21BrO4. The van der Waals surface area contributed by atoms with Crippen molar-refractivity contribution in [3.05, 3.63) is 0 Å². The Hall–Kier alpha value is -0.580. The Balaban J connectivity index is 4.31. The molecule has 0 fully saturated rings. The predicted molar refractivity (Wildman–Crippen MR) is 69.5 cm³/mol. The Morgan fingerprint density at radius 1 is 1.24 bits per heavy atom. The Morgan fingerprint density at radius 2 is 1.82 bits per heavy atom. The Labute approximate surface area is 111 Å². The van der Waals surface area contributed by atoms with Gasteiger partial charge in [-0.3, -0.25) is 9.59 Å². The van der Waals surface area contributed by atoms with Gasteiger partial charge in [0, 0.05) is 6.42 Å². The van der Waals surface area contributed by atoms with Crippen LogP contribution in [-0.2, 0) is 9.59 Å². The van der Waals surface area contributed by atoms with Crippen molar-refractivity contribution < 1.29 is 19.8 Å². The second-order valence-corrected chi connectivity index (χ2v) is 5.68. The standard InChI is InChI=1S/C12H21BrO4/c1-3-9(7-5-6-8-10(14)15)12(13,4-2)11(16)17/h9H,3-8H2,1-2H3,(H,14,15)(H,16,17). The molecule has 0 aromatic heterocycles. The Morgan fingerprint density at radius 3 is 2.18 bits per heavy atom. The van der Waals surface area contributed by atoms with E-state index in [1.54, 1.807) is 0 Å². The summed E-state index contributed by atoms with van der Waals surface area (Å²) in [7, 11) is 0. The minimum absolute atomic E-state index is 0.0406. The van der Waals surface area contributed by atoms with Crippen molar-refractivity contribution in [2.45, 2.75) is 56.7 Å². The summed E-state index contributed by atoms with van der Waals surface area (Å²) in [5, 5.41) is 17.8. The number of carbonyl (C=O) groups is 2. The second-order valence-electron chi connectivity index (χ2n) is 4.27. The maximum Gasteiger partial charge on any atom is 0.320 e. The summed E-state index contributed by atoms with van der Waals surface area (Å²) in [5.74, 6) is -1.58. The predicted octanol–water partition coefficient (Wildman–Crippen LogP) is 3.29. The van der Waals surface area contributed by atoms with Gasteiger partial charge >= 0.3 is 11.9 Å². The zero-order chi connectivity index (χ0) is 13.5. The highest BCUT2D eigenvalue weighted by molar-refractivity contribution is 9.10. The summed E-state index contributed by atoms with van der Waals surface area (Å²) >= 11 is 3.34. The van der Waals surface area contributed by atoms with Crippen molar-refractivity contribution in [1.82, 2.24) is 0 Å². The highest BCUT2D eigenvalue weighted by Gasteiger charge is 2.40. The van der Waals surface area contributed by atoms with E-state index in [4.69, 9.17) is 5.11 Å². The van der Waals surface area contributed by atoms with Crippen LogP contribution in [-0.4, -0.2) is 26.5 Å². The van der Waals surface area contributed by atoms with Crippen LogP contribution in [0.5, 0.6) is 0 Å². The fourth-order valence-electron chi connectivity index (χ4n) is 2.04. The van der Waals surface area contributed by atoms with Crippen molar-refractivity contribution in [3.8, 4) is 0 Å². The van der Waals surface area contributed by atoms with E-state index in [0.717, 1.165) is 19.3 Å². The van der Waals surface area contributed by atoms with Crippen LogP contribution in [0.2, 0.25) is 0 Å². The van der Waals surface area contributed by atoms with Gasteiger partial charge in [-0.2, -0.15) is 0 Å². The van der Waals surface area contributed by atoms with Crippen LogP contribution in [0, 0.1) is 5.92 Å². The number of hydrogen-bond donors (Lipinski definition) is 2. The van der Waals surface area contributed by atoms with Crippen LogP contribution >= 0.6 is 15.9 Å². The highest BCUT2D eigenvalue weighted by atomic mass is 79.9. The molecule has 5 heteroatoms. The molecule has 0 aliphatic rings. The summed E-state index contributed by atoms with van der Waals surface area (Å²) in [6.07, 6.45) is 3.57. The average Bonchev–Trinajstić information content (AvgIpc) is 2.27. The molecule has 0 heterocycles. The fraction of sp³-hybridized carbons (Fsp3) is 0.833. The van der Waals surface area contributed by atoms with Crippen LogP contribution in [0.3, 0.4) is 0 Å². The number of hydrogen-bond acceptors (Lipinski definition) is 2. The van der Waals surface area contributed by atoms with Gasteiger partial charge in [-0.05, 0) is 25.2 Å². The van der Waals surface area contributed by atoms with Crippen LogP contribution in [0.1, 0.15) is 52.4 Å². The van der Waals surface area contributed by atoms with E-state index in [9.17, 15) is 14.7 Å². The van der Waals surface area contributed by atoms with E-state index in [-0.39, 0.29) is 12.3 Å². The summed E-state index contributed by atoms with van der Waals surface area (Å²) in [6, 6.07) is 0. The molecule has 2 unspecified atom stereocenters. The zero-order valence-corrected chi connectivity index (χ0v) is 12.0. The third kappa shape index (κ3) is 5.06. The molecule has 4 nitrogen and oxygen atoms in total. The van der Waals surface area contributed by atoms with Crippen LogP contribution < -0.4 is 0 Å². The maximum atomic E-state index is 11.3. The lowest BCUT2D eigenvalue weighted by molar-refractivity contribution is -0.141. The molecule has 0 aromatic rings. The van der Waals surface area contributed by atoms with E-state index in [0.29, 0.717) is 12.8 Å². The van der Waals surface area contributed by atoms with Crippen molar-refractivity contribution in [2.24, 2.45) is 5.92 Å². The molecule has 0 amide bonds. The Bertz CT molecular complexity index is 267. The molecule has 0 saturated carbocycles. The van der Waals surface area contributed by atoms with Crippen LogP contribution in [0.4, 0.5) is 0 Å². The fourth-order valence-corrected chi connectivity index (χ4v) is 2.59. The van der Waals surface area contributed by atoms with Gasteiger partial charge in [-0.15, -0.1) is 0 Å². The third-order valence-electron chi connectivity index (χ3n) is 3.20. The summed E-state index contributed by atoms with van der Waals surface area (Å²) in [5.41, 5.74) is 0. The number of carboxylic acids is 2. The first kappa shape index (κ1) is 16.4. The van der Waals surface area contributed by atoms with Gasteiger partial charge in [0.05, 0.1) is 0 Å². The number of halogens is 1. The first-order chi connectivity index (χ1) is 7.88. The summed E-state index contributed by atoms with van der Waals surface area (Å²) in [4.78, 5) is 21.6. The largest absolute Gasteiger partial charge is 0.481 e. The zero-order valence-electron chi connectivity index (χ0n) is 10.4. The maximum absolute atomic E-state index is 11.3. The van der Waals surface area contributed by atoms with E-state index in [2.05, 4.69) is 15.9 Å². The van der Waals surface area contributed by atoms with Crippen molar-refractivity contribution in [2.75, 3.05) is 0 Å². The van der Waals surface area contributed by atoms with E-state index >= 15 is 0 Å². The smallest absolute Gasteiger partial charge is 0.320 e. The Kier molecular flexibility index (Phi) is 7.43. The normalized spacial score (nSPS) is 16.2. The molecule has 0 aromatic carbocycles. The first-order valence-electron chi connectivity index (χ1n) is 6.02. The minimum atomic E-state index is -0.870. The minimum Gasteiger partial charge on any atom is -0.481 e. The van der Waals surface area contributed by atoms with Crippen molar-refractivity contribution in [1.29, 1.82) is 0 Å². The number of alkyl halides is 1. The van der Waals surface area contributed by atoms with E-state index < -0.39 is 16.3 Å². The van der Waals surface area contributed by atoms with Crippen LogP contribution in [0.25, 0.3) is 0 Å².